The number of carboxylic acids is 1. The average molecular weight is 310 g/mol. The summed E-state index contributed by atoms with van der Waals surface area (Å²) in [6.07, 6.45) is 1.46. The summed E-state index contributed by atoms with van der Waals surface area (Å²) >= 11 is 1.19. The van der Waals surface area contributed by atoms with Crippen LogP contribution in [-0.4, -0.2) is 45.6 Å². The Bertz CT molecular complexity index is 544. The summed E-state index contributed by atoms with van der Waals surface area (Å²) in [7, 11) is 0. The van der Waals surface area contributed by atoms with Crippen molar-refractivity contribution in [3.8, 4) is 0 Å². The van der Waals surface area contributed by atoms with Gasteiger partial charge in [0.05, 0.1) is 10.7 Å². The molecule has 1 aromatic carbocycles. The normalized spacial score (nSPS) is 9.90. The van der Waals surface area contributed by atoms with E-state index in [0.29, 0.717) is 4.90 Å². The number of nitrogens with zero attached hydrogens (tertiary/aromatic N) is 2. The van der Waals surface area contributed by atoms with Gasteiger partial charge in [0, 0.05) is 23.6 Å². The van der Waals surface area contributed by atoms with Crippen LogP contribution >= 0.6 is 11.8 Å². The van der Waals surface area contributed by atoms with Gasteiger partial charge in [-0.3, -0.25) is 19.7 Å². The monoisotopic (exact) mass is 310 g/mol. The lowest BCUT2D eigenvalue weighted by Gasteiger charge is -2.18. The van der Waals surface area contributed by atoms with Gasteiger partial charge < -0.3 is 10.0 Å². The van der Waals surface area contributed by atoms with Crippen molar-refractivity contribution in [2.24, 2.45) is 0 Å². The predicted octanol–water partition coefficient (Wildman–Crippen LogP) is 1.79. The number of rotatable bonds is 8. The molecule has 0 heterocycles. The third-order valence-electron chi connectivity index (χ3n) is 2.44. The SMILES string of the molecule is C=CCN(CC(=O)O)C(=O)CSc1ccc([N+](=O)[O-])cc1. The number of thioether (sulfide) groups is 1. The van der Waals surface area contributed by atoms with E-state index in [2.05, 4.69) is 6.58 Å². The van der Waals surface area contributed by atoms with Crippen LogP contribution in [0.15, 0.2) is 41.8 Å². The smallest absolute Gasteiger partial charge is 0.323 e. The van der Waals surface area contributed by atoms with E-state index in [9.17, 15) is 19.7 Å². The van der Waals surface area contributed by atoms with Crippen molar-refractivity contribution in [2.75, 3.05) is 18.8 Å². The number of amides is 1. The van der Waals surface area contributed by atoms with Gasteiger partial charge in [0.1, 0.15) is 6.54 Å². The summed E-state index contributed by atoms with van der Waals surface area (Å²) in [5, 5.41) is 19.2. The Hall–Kier alpha value is -2.35. The maximum Gasteiger partial charge on any atom is 0.323 e. The average Bonchev–Trinajstić information content (AvgIpc) is 2.44. The number of hydrogen-bond donors (Lipinski definition) is 1. The van der Waals surface area contributed by atoms with Crippen molar-refractivity contribution in [1.29, 1.82) is 0 Å². The first-order valence-electron chi connectivity index (χ1n) is 5.91. The molecule has 0 spiro atoms. The van der Waals surface area contributed by atoms with E-state index in [1.165, 1.54) is 34.9 Å². The van der Waals surface area contributed by atoms with Gasteiger partial charge in [-0.1, -0.05) is 6.08 Å². The Balaban J connectivity index is 2.59. The zero-order valence-corrected chi connectivity index (χ0v) is 11.9. The Kier molecular flexibility index (Phi) is 6.41. The van der Waals surface area contributed by atoms with Gasteiger partial charge in [0.15, 0.2) is 0 Å². The first-order valence-corrected chi connectivity index (χ1v) is 6.90. The number of hydrogen-bond acceptors (Lipinski definition) is 5. The zero-order valence-electron chi connectivity index (χ0n) is 11.1. The maximum absolute atomic E-state index is 11.9. The zero-order chi connectivity index (χ0) is 15.8. The van der Waals surface area contributed by atoms with Crippen LogP contribution in [0.25, 0.3) is 0 Å². The number of carboxylic acid groups (broad SMARTS) is 1. The lowest BCUT2D eigenvalue weighted by molar-refractivity contribution is -0.384. The Morgan fingerprint density at radius 3 is 2.48 bits per heavy atom. The van der Waals surface area contributed by atoms with Crippen molar-refractivity contribution in [3.05, 3.63) is 47.0 Å². The molecule has 0 aliphatic heterocycles. The molecule has 1 aromatic rings. The molecule has 0 saturated heterocycles. The molecular formula is C13H14N2O5S. The standard InChI is InChI=1S/C13H14N2O5S/c1-2-7-14(8-13(17)18)12(16)9-21-11-5-3-10(4-6-11)15(19)20/h2-6H,1,7-9H2,(H,17,18). The molecule has 1 N–H and O–H groups in total. The molecule has 0 bridgehead atoms. The highest BCUT2D eigenvalue weighted by atomic mass is 32.2. The van der Waals surface area contributed by atoms with Crippen LogP contribution in [0.1, 0.15) is 0 Å². The van der Waals surface area contributed by atoms with Crippen molar-refractivity contribution in [1.82, 2.24) is 4.90 Å². The highest BCUT2D eigenvalue weighted by molar-refractivity contribution is 8.00. The van der Waals surface area contributed by atoms with Gasteiger partial charge in [-0.05, 0) is 12.1 Å². The maximum atomic E-state index is 11.9. The molecule has 0 unspecified atom stereocenters. The molecule has 0 aliphatic carbocycles. The lowest BCUT2D eigenvalue weighted by atomic mass is 10.3. The molecule has 0 fully saturated rings. The van der Waals surface area contributed by atoms with Crippen molar-refractivity contribution in [3.63, 3.8) is 0 Å². The number of nitro benzene ring substituents is 1. The molecular weight excluding hydrogens is 296 g/mol. The quantitative estimate of drug-likeness (QED) is 0.340. The number of aliphatic carboxylic acids is 1. The Morgan fingerprint density at radius 1 is 1.38 bits per heavy atom. The fourth-order valence-electron chi connectivity index (χ4n) is 1.47. The first kappa shape index (κ1) is 16.7. The minimum Gasteiger partial charge on any atom is -0.480 e. The minimum absolute atomic E-state index is 0.0233. The van der Waals surface area contributed by atoms with Crippen molar-refractivity contribution < 1.29 is 19.6 Å². The summed E-state index contributed by atoms with van der Waals surface area (Å²) in [4.78, 5) is 34.5. The summed E-state index contributed by atoms with van der Waals surface area (Å²) in [5.41, 5.74) is -0.0233. The molecule has 0 aliphatic rings. The second-order valence-corrected chi connectivity index (χ2v) is 5.05. The van der Waals surface area contributed by atoms with Crippen LogP contribution in [0, 0.1) is 10.1 Å². The second kappa shape index (κ2) is 8.05. The van der Waals surface area contributed by atoms with Gasteiger partial charge in [0.2, 0.25) is 5.91 Å². The third-order valence-corrected chi connectivity index (χ3v) is 3.43. The molecule has 8 heteroatoms. The topological polar surface area (TPSA) is 101 Å². The number of non-ortho nitro benzene ring substituents is 1. The second-order valence-electron chi connectivity index (χ2n) is 4.00. The van der Waals surface area contributed by atoms with Gasteiger partial charge in [-0.25, -0.2) is 0 Å². The van der Waals surface area contributed by atoms with E-state index in [0.717, 1.165) is 0 Å². The van der Waals surface area contributed by atoms with Crippen LogP contribution in [0.3, 0.4) is 0 Å². The molecule has 112 valence electrons. The van der Waals surface area contributed by atoms with Gasteiger partial charge in [-0.2, -0.15) is 0 Å². The summed E-state index contributed by atoms with van der Waals surface area (Å²) in [6, 6.07) is 5.80. The van der Waals surface area contributed by atoms with E-state index in [4.69, 9.17) is 5.11 Å². The van der Waals surface area contributed by atoms with Gasteiger partial charge >= 0.3 is 5.97 Å². The highest BCUT2D eigenvalue weighted by Crippen LogP contribution is 2.21. The summed E-state index contributed by atoms with van der Waals surface area (Å²) in [6.45, 7) is 3.25. The van der Waals surface area contributed by atoms with Crippen LogP contribution in [0.2, 0.25) is 0 Å². The highest BCUT2D eigenvalue weighted by Gasteiger charge is 2.15. The predicted molar refractivity (Wildman–Crippen MR) is 78.2 cm³/mol. The van der Waals surface area contributed by atoms with E-state index in [-0.39, 0.29) is 30.4 Å². The van der Waals surface area contributed by atoms with Crippen molar-refractivity contribution in [2.45, 2.75) is 4.90 Å². The van der Waals surface area contributed by atoms with E-state index < -0.39 is 10.9 Å². The van der Waals surface area contributed by atoms with E-state index in [1.54, 1.807) is 12.1 Å². The van der Waals surface area contributed by atoms with Gasteiger partial charge in [-0.15, -0.1) is 18.3 Å². The molecule has 0 radical (unpaired) electrons. The fraction of sp³-hybridized carbons (Fsp3) is 0.231. The van der Waals surface area contributed by atoms with Crippen LogP contribution in [0.4, 0.5) is 5.69 Å². The Morgan fingerprint density at radius 2 is 2.00 bits per heavy atom. The molecule has 7 nitrogen and oxygen atoms in total. The van der Waals surface area contributed by atoms with Crippen LogP contribution < -0.4 is 0 Å². The largest absolute Gasteiger partial charge is 0.480 e. The number of carbonyl (C=O) groups excluding carboxylic acids is 1. The third kappa shape index (κ3) is 5.65. The summed E-state index contributed by atoms with van der Waals surface area (Å²) in [5.74, 6) is -1.37. The fourth-order valence-corrected chi connectivity index (χ4v) is 2.28. The van der Waals surface area contributed by atoms with E-state index in [1.807, 2.05) is 0 Å². The molecule has 0 saturated carbocycles. The van der Waals surface area contributed by atoms with Crippen LogP contribution in [-0.2, 0) is 9.59 Å². The number of carbonyl (C=O) groups is 2. The Labute approximate surface area is 125 Å². The number of benzene rings is 1. The van der Waals surface area contributed by atoms with Crippen LogP contribution in [0.5, 0.6) is 0 Å². The minimum atomic E-state index is -1.09. The van der Waals surface area contributed by atoms with Gasteiger partial charge in [0.25, 0.3) is 5.69 Å². The molecule has 21 heavy (non-hydrogen) atoms. The molecule has 1 rings (SSSR count). The van der Waals surface area contributed by atoms with Crippen molar-refractivity contribution >= 4 is 29.3 Å². The number of nitro groups is 1. The lowest BCUT2D eigenvalue weighted by Crippen LogP contribution is -2.36. The summed E-state index contributed by atoms with van der Waals surface area (Å²) < 4.78 is 0. The first-order chi connectivity index (χ1) is 9.93. The molecule has 1 amide bonds. The van der Waals surface area contributed by atoms with E-state index >= 15 is 0 Å². The molecule has 0 aromatic heterocycles. The molecule has 0 atom stereocenters.